The van der Waals surface area contributed by atoms with Gasteiger partial charge in [0, 0.05) is 11.5 Å². The third-order valence-corrected chi connectivity index (χ3v) is 3.94. The first-order valence-electron chi connectivity index (χ1n) is 6.85. The molecule has 1 aromatic carbocycles. The Labute approximate surface area is 112 Å². The van der Waals surface area contributed by atoms with Gasteiger partial charge in [-0.05, 0) is 43.0 Å². The Morgan fingerprint density at radius 3 is 2.47 bits per heavy atom. The van der Waals surface area contributed by atoms with Gasteiger partial charge in [0.2, 0.25) is 0 Å². The summed E-state index contributed by atoms with van der Waals surface area (Å²) in [6, 6.07) is 6.83. The molecular formula is C15H18N2O2. The Balaban J connectivity index is 1.77. The Morgan fingerprint density at radius 1 is 1.11 bits per heavy atom. The number of aromatic nitrogens is 2. The summed E-state index contributed by atoms with van der Waals surface area (Å²) >= 11 is 0. The Kier molecular flexibility index (Phi) is 3.23. The highest BCUT2D eigenvalue weighted by molar-refractivity contribution is 5.54. The van der Waals surface area contributed by atoms with E-state index in [-0.39, 0.29) is 5.75 Å². The molecule has 4 heteroatoms. The van der Waals surface area contributed by atoms with Crippen LogP contribution < -0.4 is 0 Å². The monoisotopic (exact) mass is 258 g/mol. The highest BCUT2D eigenvalue weighted by Crippen LogP contribution is 2.34. The number of phenolic OH excluding ortho intramolecular Hbond substituents is 1. The predicted molar refractivity (Wildman–Crippen MR) is 71.8 cm³/mol. The van der Waals surface area contributed by atoms with E-state index in [0.717, 1.165) is 30.1 Å². The van der Waals surface area contributed by atoms with Gasteiger partial charge in [-0.1, -0.05) is 24.9 Å². The average molecular weight is 258 g/mol. The van der Waals surface area contributed by atoms with E-state index in [1.54, 1.807) is 24.3 Å². The molecule has 1 aromatic heterocycles. The standard InChI is InChI=1S/C15H18N2O2/c1-10-2-4-11(5-3-10)14-16-15(19-17-14)12-6-8-13(18)9-7-12/h6-11,18H,2-5H2,1H3. The number of benzene rings is 1. The second-order valence-corrected chi connectivity index (χ2v) is 5.46. The molecule has 19 heavy (non-hydrogen) atoms. The lowest BCUT2D eigenvalue weighted by Crippen LogP contribution is -2.11. The van der Waals surface area contributed by atoms with Gasteiger partial charge in [0.25, 0.3) is 5.89 Å². The van der Waals surface area contributed by atoms with E-state index in [9.17, 15) is 5.11 Å². The molecule has 1 saturated carbocycles. The number of rotatable bonds is 2. The van der Waals surface area contributed by atoms with Crippen molar-refractivity contribution in [1.82, 2.24) is 10.1 Å². The summed E-state index contributed by atoms with van der Waals surface area (Å²) < 4.78 is 5.33. The molecular weight excluding hydrogens is 240 g/mol. The van der Waals surface area contributed by atoms with Crippen LogP contribution in [0.1, 0.15) is 44.3 Å². The minimum absolute atomic E-state index is 0.241. The van der Waals surface area contributed by atoms with Crippen LogP contribution in [-0.2, 0) is 0 Å². The van der Waals surface area contributed by atoms with Crippen LogP contribution in [0.3, 0.4) is 0 Å². The molecule has 0 radical (unpaired) electrons. The van der Waals surface area contributed by atoms with Crippen LogP contribution >= 0.6 is 0 Å². The maximum absolute atomic E-state index is 9.27. The fraction of sp³-hybridized carbons (Fsp3) is 0.467. The van der Waals surface area contributed by atoms with Crippen LogP contribution in [-0.4, -0.2) is 15.2 Å². The van der Waals surface area contributed by atoms with Crippen molar-refractivity contribution in [3.05, 3.63) is 30.1 Å². The molecule has 0 bridgehead atoms. The summed E-state index contributed by atoms with van der Waals surface area (Å²) in [5.41, 5.74) is 0.848. The lowest BCUT2D eigenvalue weighted by molar-refractivity contribution is 0.329. The largest absolute Gasteiger partial charge is 0.508 e. The quantitative estimate of drug-likeness (QED) is 0.891. The van der Waals surface area contributed by atoms with Gasteiger partial charge in [0.1, 0.15) is 5.75 Å². The van der Waals surface area contributed by atoms with E-state index in [0.29, 0.717) is 11.8 Å². The number of aromatic hydroxyl groups is 1. The zero-order chi connectivity index (χ0) is 13.2. The summed E-state index contributed by atoms with van der Waals surface area (Å²) in [5, 5.41) is 13.4. The van der Waals surface area contributed by atoms with Crippen LogP contribution in [0.2, 0.25) is 0 Å². The van der Waals surface area contributed by atoms with Gasteiger partial charge in [-0.25, -0.2) is 0 Å². The minimum Gasteiger partial charge on any atom is -0.508 e. The molecule has 0 atom stereocenters. The topological polar surface area (TPSA) is 59.2 Å². The zero-order valence-electron chi connectivity index (χ0n) is 11.0. The summed E-state index contributed by atoms with van der Waals surface area (Å²) in [6.07, 6.45) is 4.78. The van der Waals surface area contributed by atoms with Crippen molar-refractivity contribution < 1.29 is 9.63 Å². The Morgan fingerprint density at radius 2 is 1.79 bits per heavy atom. The molecule has 2 aromatic rings. The van der Waals surface area contributed by atoms with E-state index in [1.165, 1.54) is 12.8 Å². The van der Waals surface area contributed by atoms with Crippen molar-refractivity contribution in [2.75, 3.05) is 0 Å². The lowest BCUT2D eigenvalue weighted by atomic mass is 9.83. The molecule has 0 spiro atoms. The van der Waals surface area contributed by atoms with Gasteiger partial charge in [-0.15, -0.1) is 0 Å². The van der Waals surface area contributed by atoms with Gasteiger partial charge < -0.3 is 9.63 Å². The maximum atomic E-state index is 9.27. The minimum atomic E-state index is 0.241. The molecule has 0 aliphatic heterocycles. The van der Waals surface area contributed by atoms with Crippen molar-refractivity contribution in [3.63, 3.8) is 0 Å². The molecule has 100 valence electrons. The second kappa shape index (κ2) is 5.03. The SMILES string of the molecule is CC1CCC(c2noc(-c3ccc(O)cc3)n2)CC1. The Bertz CT molecular complexity index is 540. The smallest absolute Gasteiger partial charge is 0.257 e. The van der Waals surface area contributed by atoms with Gasteiger partial charge in [0.05, 0.1) is 0 Å². The molecule has 1 fully saturated rings. The van der Waals surface area contributed by atoms with Crippen LogP contribution in [0.25, 0.3) is 11.5 Å². The summed E-state index contributed by atoms with van der Waals surface area (Å²) in [4.78, 5) is 4.50. The van der Waals surface area contributed by atoms with Crippen molar-refractivity contribution in [2.45, 2.75) is 38.5 Å². The third kappa shape index (κ3) is 2.62. The van der Waals surface area contributed by atoms with Crippen LogP contribution in [0.4, 0.5) is 0 Å². The van der Waals surface area contributed by atoms with E-state index in [2.05, 4.69) is 17.1 Å². The molecule has 1 aliphatic rings. The van der Waals surface area contributed by atoms with Crippen molar-refractivity contribution in [1.29, 1.82) is 0 Å². The number of nitrogens with zero attached hydrogens (tertiary/aromatic N) is 2. The Hall–Kier alpha value is -1.84. The highest BCUT2D eigenvalue weighted by atomic mass is 16.5. The average Bonchev–Trinajstić information content (AvgIpc) is 2.90. The van der Waals surface area contributed by atoms with E-state index in [1.807, 2.05) is 0 Å². The highest BCUT2D eigenvalue weighted by Gasteiger charge is 2.24. The van der Waals surface area contributed by atoms with Crippen molar-refractivity contribution in [2.24, 2.45) is 5.92 Å². The van der Waals surface area contributed by atoms with Crippen molar-refractivity contribution >= 4 is 0 Å². The molecule has 1 aliphatic carbocycles. The van der Waals surface area contributed by atoms with E-state index < -0.39 is 0 Å². The van der Waals surface area contributed by atoms with E-state index in [4.69, 9.17) is 4.52 Å². The predicted octanol–water partition coefficient (Wildman–Crippen LogP) is 3.74. The van der Waals surface area contributed by atoms with Gasteiger partial charge in [-0.3, -0.25) is 0 Å². The van der Waals surface area contributed by atoms with Gasteiger partial charge in [-0.2, -0.15) is 4.98 Å². The molecule has 1 heterocycles. The first kappa shape index (κ1) is 12.2. The van der Waals surface area contributed by atoms with Gasteiger partial charge in [0.15, 0.2) is 5.82 Å². The van der Waals surface area contributed by atoms with Crippen LogP contribution in [0, 0.1) is 5.92 Å². The van der Waals surface area contributed by atoms with Gasteiger partial charge >= 0.3 is 0 Å². The molecule has 0 amide bonds. The normalized spacial score (nSPS) is 23.4. The fourth-order valence-electron chi connectivity index (χ4n) is 2.64. The number of hydrogen-bond donors (Lipinski definition) is 1. The van der Waals surface area contributed by atoms with Crippen LogP contribution in [0.15, 0.2) is 28.8 Å². The van der Waals surface area contributed by atoms with Crippen LogP contribution in [0.5, 0.6) is 5.75 Å². The molecule has 4 nitrogen and oxygen atoms in total. The van der Waals surface area contributed by atoms with E-state index >= 15 is 0 Å². The second-order valence-electron chi connectivity index (χ2n) is 5.46. The molecule has 3 rings (SSSR count). The lowest BCUT2D eigenvalue weighted by Gasteiger charge is -2.23. The summed E-state index contributed by atoms with van der Waals surface area (Å²) in [7, 11) is 0. The third-order valence-electron chi connectivity index (χ3n) is 3.94. The first-order chi connectivity index (χ1) is 9.22. The van der Waals surface area contributed by atoms with Crippen molar-refractivity contribution in [3.8, 4) is 17.2 Å². The number of phenols is 1. The summed E-state index contributed by atoms with van der Waals surface area (Å²) in [6.45, 7) is 2.30. The maximum Gasteiger partial charge on any atom is 0.257 e. The summed E-state index contributed by atoms with van der Waals surface area (Å²) in [5.74, 6) is 2.86. The molecule has 1 N–H and O–H groups in total. The first-order valence-corrected chi connectivity index (χ1v) is 6.85. The molecule has 0 unspecified atom stereocenters. The number of hydrogen-bond acceptors (Lipinski definition) is 4. The fourth-order valence-corrected chi connectivity index (χ4v) is 2.64. The zero-order valence-corrected chi connectivity index (χ0v) is 11.0. The molecule has 0 saturated heterocycles.